The van der Waals surface area contributed by atoms with E-state index in [1.807, 2.05) is 19.9 Å². The summed E-state index contributed by atoms with van der Waals surface area (Å²) in [5, 5.41) is 13.6. The van der Waals surface area contributed by atoms with Crippen LogP contribution in [0.15, 0.2) is 24.4 Å². The number of rotatable bonds is 7. The number of methoxy groups -OCH3 is 1. The second-order valence-corrected chi connectivity index (χ2v) is 7.59. The van der Waals surface area contributed by atoms with Crippen LogP contribution in [0.2, 0.25) is 5.28 Å². The van der Waals surface area contributed by atoms with Crippen LogP contribution in [-0.4, -0.2) is 52.3 Å². The summed E-state index contributed by atoms with van der Waals surface area (Å²) in [5.41, 5.74) is 1.05. The van der Waals surface area contributed by atoms with Gasteiger partial charge in [0.15, 0.2) is 11.6 Å². The van der Waals surface area contributed by atoms with Gasteiger partial charge in [0.25, 0.3) is 0 Å². The van der Waals surface area contributed by atoms with Crippen LogP contribution in [0.3, 0.4) is 0 Å². The number of anilines is 1. The van der Waals surface area contributed by atoms with Crippen molar-refractivity contribution in [1.82, 2.24) is 14.9 Å². The van der Waals surface area contributed by atoms with E-state index in [2.05, 4.69) is 20.2 Å². The summed E-state index contributed by atoms with van der Waals surface area (Å²) in [6, 6.07) is 5.74. The van der Waals surface area contributed by atoms with Crippen molar-refractivity contribution >= 4 is 17.4 Å². The van der Waals surface area contributed by atoms with Crippen LogP contribution in [0, 0.1) is 0 Å². The Bertz CT molecular complexity index is 795. The number of phenolic OH excluding ortho intramolecular Hbond substituents is 1. The summed E-state index contributed by atoms with van der Waals surface area (Å²) < 4.78 is 11.0. The molecule has 1 aliphatic heterocycles. The molecule has 0 spiro atoms. The first-order valence-corrected chi connectivity index (χ1v) is 9.85. The number of aromatic hydroxyl groups is 1. The molecule has 28 heavy (non-hydrogen) atoms. The third kappa shape index (κ3) is 5.62. The zero-order chi connectivity index (χ0) is 20.1. The van der Waals surface area contributed by atoms with Crippen LogP contribution in [0.25, 0.3) is 0 Å². The average Bonchev–Trinajstić information content (AvgIpc) is 2.62. The van der Waals surface area contributed by atoms with Crippen LogP contribution in [-0.2, 0) is 6.54 Å². The maximum atomic E-state index is 9.97. The molecule has 8 heteroatoms. The fraction of sp³-hybridized carbons (Fsp3) is 0.500. The number of piperidine rings is 1. The molecule has 0 radical (unpaired) electrons. The highest BCUT2D eigenvalue weighted by atomic mass is 35.5. The molecule has 3 rings (SSSR count). The van der Waals surface area contributed by atoms with E-state index in [-0.39, 0.29) is 17.1 Å². The molecule has 1 aromatic heterocycles. The van der Waals surface area contributed by atoms with Gasteiger partial charge >= 0.3 is 0 Å². The molecule has 2 aromatic rings. The monoisotopic (exact) mass is 406 g/mol. The average molecular weight is 407 g/mol. The lowest BCUT2D eigenvalue weighted by Crippen LogP contribution is -2.38. The number of benzene rings is 1. The zero-order valence-corrected chi connectivity index (χ0v) is 17.2. The highest BCUT2D eigenvalue weighted by molar-refractivity contribution is 6.28. The highest BCUT2D eigenvalue weighted by Gasteiger charge is 2.21. The number of hydrogen-bond acceptors (Lipinski definition) is 7. The van der Waals surface area contributed by atoms with E-state index in [4.69, 9.17) is 21.1 Å². The molecule has 1 fully saturated rings. The van der Waals surface area contributed by atoms with Gasteiger partial charge in [-0.25, -0.2) is 4.98 Å². The Labute approximate surface area is 170 Å². The molecule has 0 amide bonds. The van der Waals surface area contributed by atoms with Crippen LogP contribution in [0.4, 0.5) is 5.82 Å². The Morgan fingerprint density at radius 2 is 2.04 bits per heavy atom. The molecule has 0 bridgehead atoms. The molecule has 2 heterocycles. The smallest absolute Gasteiger partial charge is 0.224 e. The van der Waals surface area contributed by atoms with E-state index >= 15 is 0 Å². The minimum atomic E-state index is 0.0729. The van der Waals surface area contributed by atoms with Crippen molar-refractivity contribution in [2.75, 3.05) is 25.5 Å². The van der Waals surface area contributed by atoms with E-state index in [0.717, 1.165) is 38.0 Å². The first-order chi connectivity index (χ1) is 13.4. The van der Waals surface area contributed by atoms with Gasteiger partial charge in [0.1, 0.15) is 11.5 Å². The fourth-order valence-corrected chi connectivity index (χ4v) is 3.50. The summed E-state index contributed by atoms with van der Waals surface area (Å²) in [4.78, 5) is 10.5. The van der Waals surface area contributed by atoms with E-state index < -0.39 is 0 Å². The van der Waals surface area contributed by atoms with Crippen LogP contribution in [0.5, 0.6) is 17.2 Å². The Hall–Kier alpha value is -2.25. The van der Waals surface area contributed by atoms with Gasteiger partial charge in [-0.15, -0.1) is 0 Å². The Morgan fingerprint density at radius 1 is 1.29 bits per heavy atom. The third-order valence-electron chi connectivity index (χ3n) is 4.60. The summed E-state index contributed by atoms with van der Waals surface area (Å²) >= 11 is 5.91. The van der Waals surface area contributed by atoms with Crippen LogP contribution in [0.1, 0.15) is 32.3 Å². The summed E-state index contributed by atoms with van der Waals surface area (Å²) in [6.07, 6.45) is 3.59. The van der Waals surface area contributed by atoms with Gasteiger partial charge in [0.05, 0.1) is 19.4 Å². The van der Waals surface area contributed by atoms with Crippen molar-refractivity contribution in [1.29, 1.82) is 0 Å². The van der Waals surface area contributed by atoms with Gasteiger partial charge in [-0.3, -0.25) is 4.90 Å². The molecule has 1 aliphatic rings. The molecule has 7 nitrogen and oxygen atoms in total. The lowest BCUT2D eigenvalue weighted by Gasteiger charge is -2.32. The van der Waals surface area contributed by atoms with Gasteiger partial charge in [0.2, 0.25) is 5.28 Å². The number of phenols is 1. The van der Waals surface area contributed by atoms with E-state index in [1.54, 1.807) is 25.4 Å². The molecule has 0 aliphatic carbocycles. The molecule has 1 saturated heterocycles. The normalized spacial score (nSPS) is 15.6. The molecule has 0 saturated carbocycles. The van der Waals surface area contributed by atoms with Gasteiger partial charge in [-0.05, 0) is 56.0 Å². The molecule has 0 atom stereocenters. The Morgan fingerprint density at radius 3 is 2.71 bits per heavy atom. The second kappa shape index (κ2) is 9.30. The Balaban J connectivity index is 1.56. The zero-order valence-electron chi connectivity index (χ0n) is 16.5. The quantitative estimate of drug-likeness (QED) is 0.678. The lowest BCUT2D eigenvalue weighted by atomic mass is 10.0. The highest BCUT2D eigenvalue weighted by Crippen LogP contribution is 2.27. The summed E-state index contributed by atoms with van der Waals surface area (Å²) in [5.74, 6) is 2.15. The fourth-order valence-electron chi connectivity index (χ4n) is 3.36. The number of halogens is 1. The largest absolute Gasteiger partial charge is 0.508 e. The molecule has 2 N–H and O–H groups in total. The predicted octanol–water partition coefficient (Wildman–Crippen LogP) is 3.71. The van der Waals surface area contributed by atoms with Crippen molar-refractivity contribution < 1.29 is 14.6 Å². The maximum Gasteiger partial charge on any atom is 0.224 e. The van der Waals surface area contributed by atoms with Crippen LogP contribution < -0.4 is 14.8 Å². The van der Waals surface area contributed by atoms with Crippen molar-refractivity contribution in [3.8, 4) is 17.2 Å². The van der Waals surface area contributed by atoms with Crippen molar-refractivity contribution in [2.24, 2.45) is 0 Å². The summed E-state index contributed by atoms with van der Waals surface area (Å²) in [7, 11) is 1.59. The third-order valence-corrected chi connectivity index (χ3v) is 4.79. The first kappa shape index (κ1) is 20.5. The number of hydrogen-bond donors (Lipinski definition) is 2. The number of nitrogens with one attached hydrogen (secondary N) is 1. The maximum absolute atomic E-state index is 9.97. The van der Waals surface area contributed by atoms with Gasteiger partial charge in [-0.2, -0.15) is 4.98 Å². The van der Waals surface area contributed by atoms with Crippen LogP contribution >= 0.6 is 11.6 Å². The Kier molecular flexibility index (Phi) is 6.80. The number of nitrogens with zero attached hydrogens (tertiary/aromatic N) is 3. The molecule has 0 unspecified atom stereocenters. The number of aromatic nitrogens is 2. The van der Waals surface area contributed by atoms with E-state index in [0.29, 0.717) is 23.4 Å². The van der Waals surface area contributed by atoms with E-state index in [9.17, 15) is 5.11 Å². The number of ether oxygens (including phenoxy) is 2. The predicted molar refractivity (Wildman–Crippen MR) is 109 cm³/mol. The number of likely N-dealkylation sites (tertiary alicyclic amines) is 1. The SMILES string of the molecule is COc1cnc(Cl)nc1NC1CCN(Cc2cc(O)cc(OC(C)C)c2)CC1. The second-order valence-electron chi connectivity index (χ2n) is 7.25. The first-order valence-electron chi connectivity index (χ1n) is 9.48. The molecular formula is C20H27ClN4O3. The topological polar surface area (TPSA) is 79.7 Å². The molecular weight excluding hydrogens is 380 g/mol. The standard InChI is InChI=1S/C20H27ClN4O3/c1-13(2)28-17-9-14(8-16(26)10-17)12-25-6-4-15(5-7-25)23-19-18(27-3)11-22-20(21)24-19/h8-11,13,15,26H,4-7,12H2,1-3H3,(H,22,23,24). The lowest BCUT2D eigenvalue weighted by molar-refractivity contribution is 0.209. The molecule has 1 aromatic carbocycles. The van der Waals surface area contributed by atoms with Gasteiger partial charge in [0, 0.05) is 31.7 Å². The van der Waals surface area contributed by atoms with Gasteiger partial charge < -0.3 is 19.9 Å². The molecule has 152 valence electrons. The minimum Gasteiger partial charge on any atom is -0.508 e. The van der Waals surface area contributed by atoms with E-state index in [1.165, 1.54) is 0 Å². The van der Waals surface area contributed by atoms with Gasteiger partial charge in [-0.1, -0.05) is 0 Å². The van der Waals surface area contributed by atoms with Crippen molar-refractivity contribution in [3.63, 3.8) is 0 Å². The van der Waals surface area contributed by atoms with Crippen molar-refractivity contribution in [2.45, 2.75) is 45.4 Å². The minimum absolute atomic E-state index is 0.0729. The van der Waals surface area contributed by atoms with Crippen molar-refractivity contribution in [3.05, 3.63) is 35.2 Å². The summed E-state index contributed by atoms with van der Waals surface area (Å²) in [6.45, 7) is 6.60.